The summed E-state index contributed by atoms with van der Waals surface area (Å²) < 4.78 is 0. The van der Waals surface area contributed by atoms with E-state index in [-0.39, 0.29) is 5.91 Å². The van der Waals surface area contributed by atoms with Crippen molar-refractivity contribution in [1.82, 2.24) is 5.32 Å². The molecule has 78 valence electrons. The number of piperazine rings is 1. The molecule has 0 radical (unpaired) electrons. The van der Waals surface area contributed by atoms with Gasteiger partial charge >= 0.3 is 0 Å². The Morgan fingerprint density at radius 2 is 2.33 bits per heavy atom. The lowest BCUT2D eigenvalue weighted by Crippen LogP contribution is -2.53. The number of hydrogen-bond acceptors (Lipinski definition) is 2. The fourth-order valence-corrected chi connectivity index (χ4v) is 2.59. The molecule has 1 saturated heterocycles. The van der Waals surface area contributed by atoms with E-state index in [9.17, 15) is 4.79 Å². The van der Waals surface area contributed by atoms with Crippen molar-refractivity contribution in [3.63, 3.8) is 0 Å². The standard InChI is InChI=1S/C12H14N2O/c1-8-2-3-11-9(4-8)5-10-6-13-7-12(15)14(10)11/h2-4,10,13H,5-7H2,1H3. The van der Waals surface area contributed by atoms with Crippen LogP contribution < -0.4 is 10.2 Å². The molecule has 1 N–H and O–H groups in total. The van der Waals surface area contributed by atoms with E-state index in [1.807, 2.05) is 4.90 Å². The van der Waals surface area contributed by atoms with Crippen LogP contribution in [0.25, 0.3) is 0 Å². The van der Waals surface area contributed by atoms with E-state index in [0.717, 1.165) is 18.7 Å². The third-order valence-electron chi connectivity index (χ3n) is 3.24. The van der Waals surface area contributed by atoms with Crippen LogP contribution in [0.1, 0.15) is 11.1 Å². The SMILES string of the molecule is Cc1ccc2c(c1)CC1CNCC(=O)N21. The first-order chi connectivity index (χ1) is 7.25. The van der Waals surface area contributed by atoms with Crippen LogP contribution in [0.15, 0.2) is 18.2 Å². The first-order valence-corrected chi connectivity index (χ1v) is 5.38. The minimum atomic E-state index is 0.203. The van der Waals surface area contributed by atoms with Crippen molar-refractivity contribution in [1.29, 1.82) is 0 Å². The lowest BCUT2D eigenvalue weighted by atomic mass is 10.1. The first-order valence-electron chi connectivity index (χ1n) is 5.38. The molecule has 1 amide bonds. The average molecular weight is 202 g/mol. The molecular formula is C12H14N2O. The van der Waals surface area contributed by atoms with Crippen molar-refractivity contribution in [2.45, 2.75) is 19.4 Å². The fraction of sp³-hybridized carbons (Fsp3) is 0.417. The van der Waals surface area contributed by atoms with Gasteiger partial charge < -0.3 is 10.2 Å². The molecule has 0 spiro atoms. The topological polar surface area (TPSA) is 32.3 Å². The Labute approximate surface area is 89.1 Å². The van der Waals surface area contributed by atoms with Gasteiger partial charge in [-0.15, -0.1) is 0 Å². The summed E-state index contributed by atoms with van der Waals surface area (Å²) in [6, 6.07) is 6.69. The smallest absolute Gasteiger partial charge is 0.241 e. The van der Waals surface area contributed by atoms with Crippen LogP contribution >= 0.6 is 0 Å². The maximum Gasteiger partial charge on any atom is 0.241 e. The Morgan fingerprint density at radius 1 is 1.47 bits per heavy atom. The van der Waals surface area contributed by atoms with Gasteiger partial charge in [-0.2, -0.15) is 0 Å². The monoisotopic (exact) mass is 202 g/mol. The van der Waals surface area contributed by atoms with E-state index in [4.69, 9.17) is 0 Å². The summed E-state index contributed by atoms with van der Waals surface area (Å²) in [7, 11) is 0. The van der Waals surface area contributed by atoms with E-state index in [0.29, 0.717) is 12.6 Å². The summed E-state index contributed by atoms with van der Waals surface area (Å²) in [5.74, 6) is 0.203. The van der Waals surface area contributed by atoms with Gasteiger partial charge in [-0.1, -0.05) is 17.7 Å². The number of rotatable bonds is 0. The molecule has 0 saturated carbocycles. The minimum Gasteiger partial charge on any atom is -0.306 e. The van der Waals surface area contributed by atoms with Gasteiger partial charge in [-0.25, -0.2) is 0 Å². The van der Waals surface area contributed by atoms with Crippen LogP contribution in [0.3, 0.4) is 0 Å². The van der Waals surface area contributed by atoms with Gasteiger partial charge in [-0.3, -0.25) is 4.79 Å². The van der Waals surface area contributed by atoms with Gasteiger partial charge in [0.1, 0.15) is 0 Å². The van der Waals surface area contributed by atoms with Gasteiger partial charge in [0.25, 0.3) is 0 Å². The lowest BCUT2D eigenvalue weighted by molar-refractivity contribution is -0.119. The molecule has 0 bridgehead atoms. The molecule has 3 rings (SSSR count). The summed E-state index contributed by atoms with van der Waals surface area (Å²) in [6.07, 6.45) is 0.996. The van der Waals surface area contributed by atoms with Crippen molar-refractivity contribution < 1.29 is 4.79 Å². The minimum absolute atomic E-state index is 0.203. The molecular weight excluding hydrogens is 188 g/mol. The number of nitrogens with one attached hydrogen (secondary N) is 1. The molecule has 1 aromatic rings. The van der Waals surface area contributed by atoms with Gasteiger partial charge in [0.15, 0.2) is 0 Å². The summed E-state index contributed by atoms with van der Waals surface area (Å²) in [6.45, 7) is 3.49. The number of hydrogen-bond donors (Lipinski definition) is 1. The van der Waals surface area contributed by atoms with Crippen molar-refractivity contribution in [3.05, 3.63) is 29.3 Å². The van der Waals surface area contributed by atoms with Crippen molar-refractivity contribution in [2.24, 2.45) is 0 Å². The zero-order valence-electron chi connectivity index (χ0n) is 8.79. The Balaban J connectivity index is 2.07. The number of fused-ring (bicyclic) bond motifs is 3. The number of carbonyl (C=O) groups is 1. The van der Waals surface area contributed by atoms with E-state index in [2.05, 4.69) is 30.4 Å². The largest absolute Gasteiger partial charge is 0.306 e. The molecule has 2 aliphatic rings. The lowest BCUT2D eigenvalue weighted by Gasteiger charge is -2.30. The molecule has 2 heterocycles. The zero-order chi connectivity index (χ0) is 10.4. The highest BCUT2D eigenvalue weighted by Gasteiger charge is 2.35. The van der Waals surface area contributed by atoms with Crippen LogP contribution in [0.4, 0.5) is 5.69 Å². The number of nitrogens with zero attached hydrogens (tertiary/aromatic N) is 1. The molecule has 3 heteroatoms. The highest BCUT2D eigenvalue weighted by atomic mass is 16.2. The second-order valence-electron chi connectivity index (χ2n) is 4.38. The summed E-state index contributed by atoms with van der Waals surface area (Å²) in [4.78, 5) is 13.8. The summed E-state index contributed by atoms with van der Waals surface area (Å²) in [5, 5.41) is 3.16. The van der Waals surface area contributed by atoms with Crippen molar-refractivity contribution in [3.8, 4) is 0 Å². The molecule has 1 aromatic carbocycles. The molecule has 15 heavy (non-hydrogen) atoms. The van der Waals surface area contributed by atoms with E-state index < -0.39 is 0 Å². The third-order valence-corrected chi connectivity index (χ3v) is 3.24. The first kappa shape index (κ1) is 8.92. The van der Waals surface area contributed by atoms with E-state index in [1.54, 1.807) is 0 Å². The van der Waals surface area contributed by atoms with Gasteiger partial charge in [0, 0.05) is 12.2 Å². The highest BCUT2D eigenvalue weighted by molar-refractivity contribution is 5.98. The normalized spacial score (nSPS) is 23.9. The molecule has 3 nitrogen and oxygen atoms in total. The van der Waals surface area contributed by atoms with Crippen LogP contribution in [-0.2, 0) is 11.2 Å². The predicted molar refractivity (Wildman–Crippen MR) is 59.0 cm³/mol. The van der Waals surface area contributed by atoms with E-state index >= 15 is 0 Å². The van der Waals surface area contributed by atoms with Gasteiger partial charge in [0.05, 0.1) is 12.6 Å². The Hall–Kier alpha value is -1.35. The number of benzene rings is 1. The predicted octanol–water partition coefficient (Wildman–Crippen LogP) is 0.856. The number of carbonyl (C=O) groups excluding carboxylic acids is 1. The maximum atomic E-state index is 11.8. The highest BCUT2D eigenvalue weighted by Crippen LogP contribution is 2.33. The summed E-state index contributed by atoms with van der Waals surface area (Å²) >= 11 is 0. The average Bonchev–Trinajstić information content (AvgIpc) is 2.56. The van der Waals surface area contributed by atoms with Crippen molar-refractivity contribution in [2.75, 3.05) is 18.0 Å². The molecule has 1 atom stereocenters. The summed E-state index contributed by atoms with van der Waals surface area (Å²) in [5.41, 5.74) is 3.71. The second-order valence-corrected chi connectivity index (χ2v) is 4.38. The maximum absolute atomic E-state index is 11.8. The quantitative estimate of drug-likeness (QED) is 0.676. The molecule has 1 fully saturated rings. The van der Waals surface area contributed by atoms with Gasteiger partial charge in [0.2, 0.25) is 5.91 Å². The van der Waals surface area contributed by atoms with Crippen molar-refractivity contribution >= 4 is 11.6 Å². The Morgan fingerprint density at radius 3 is 3.20 bits per heavy atom. The number of anilines is 1. The molecule has 1 unspecified atom stereocenters. The van der Waals surface area contributed by atoms with Crippen LogP contribution in [-0.4, -0.2) is 25.0 Å². The zero-order valence-corrected chi connectivity index (χ0v) is 8.79. The van der Waals surface area contributed by atoms with Crippen LogP contribution in [0.2, 0.25) is 0 Å². The van der Waals surface area contributed by atoms with Crippen LogP contribution in [0, 0.1) is 6.92 Å². The van der Waals surface area contributed by atoms with E-state index in [1.165, 1.54) is 11.1 Å². The fourth-order valence-electron chi connectivity index (χ4n) is 2.59. The number of aryl methyl sites for hydroxylation is 1. The molecule has 2 aliphatic heterocycles. The second kappa shape index (κ2) is 3.07. The van der Waals surface area contributed by atoms with Crippen LogP contribution in [0.5, 0.6) is 0 Å². The Bertz CT molecular complexity index is 428. The number of amides is 1. The molecule has 0 aliphatic carbocycles. The molecule has 0 aromatic heterocycles. The Kier molecular flexibility index (Phi) is 1.83. The van der Waals surface area contributed by atoms with Gasteiger partial charge in [-0.05, 0) is 25.0 Å². The third kappa shape index (κ3) is 1.27.